The summed E-state index contributed by atoms with van der Waals surface area (Å²) in [5, 5.41) is 22.8. The highest BCUT2D eigenvalue weighted by atomic mass is 35.5. The van der Waals surface area contributed by atoms with Crippen molar-refractivity contribution < 1.29 is 5.11 Å². The molecule has 4 rings (SSSR count). The maximum Gasteiger partial charge on any atom is 0.120 e. The molecular weight excluding hydrogens is 322 g/mol. The smallest absolute Gasteiger partial charge is 0.120 e. The first-order valence-electron chi connectivity index (χ1n) is 8.30. The standard InChI is InChI=1S/C19H20ClN3O/c1-11-8-16(19-17(24)5-4-14(20)18(11)19)21-7-6-12-2-3-13-10-22-23-15(13)9-12/h2-5,9-11,16,21,24H,6-8H2,1H3,(H,22,23). The summed E-state index contributed by atoms with van der Waals surface area (Å²) in [5.74, 6) is 0.702. The second kappa shape index (κ2) is 6.11. The van der Waals surface area contributed by atoms with Gasteiger partial charge in [0.1, 0.15) is 5.75 Å². The number of aromatic hydroxyl groups is 1. The largest absolute Gasteiger partial charge is 0.508 e. The summed E-state index contributed by atoms with van der Waals surface area (Å²) in [4.78, 5) is 0. The van der Waals surface area contributed by atoms with E-state index in [2.05, 4.69) is 40.6 Å². The number of aromatic amines is 1. The van der Waals surface area contributed by atoms with E-state index < -0.39 is 0 Å². The molecule has 0 spiro atoms. The molecule has 1 aliphatic carbocycles. The van der Waals surface area contributed by atoms with Gasteiger partial charge in [0.05, 0.1) is 11.7 Å². The van der Waals surface area contributed by atoms with Crippen LogP contribution in [0.2, 0.25) is 5.02 Å². The second-order valence-electron chi connectivity index (χ2n) is 6.58. The van der Waals surface area contributed by atoms with Gasteiger partial charge in [-0.2, -0.15) is 5.10 Å². The highest BCUT2D eigenvalue weighted by molar-refractivity contribution is 6.31. The van der Waals surface area contributed by atoms with Gasteiger partial charge in [0, 0.05) is 22.0 Å². The summed E-state index contributed by atoms with van der Waals surface area (Å²) in [6.45, 7) is 3.01. The number of hydrogen-bond acceptors (Lipinski definition) is 3. The highest BCUT2D eigenvalue weighted by Gasteiger charge is 2.32. The van der Waals surface area contributed by atoms with E-state index >= 15 is 0 Å². The molecular formula is C19H20ClN3O. The molecule has 1 aromatic heterocycles. The van der Waals surface area contributed by atoms with Crippen LogP contribution in [-0.4, -0.2) is 21.8 Å². The van der Waals surface area contributed by atoms with E-state index in [1.54, 1.807) is 12.1 Å². The minimum atomic E-state index is 0.157. The van der Waals surface area contributed by atoms with Gasteiger partial charge < -0.3 is 10.4 Å². The summed E-state index contributed by atoms with van der Waals surface area (Å²) in [5.41, 5.74) is 4.39. The monoisotopic (exact) mass is 341 g/mol. The van der Waals surface area contributed by atoms with Gasteiger partial charge in [0.2, 0.25) is 0 Å². The van der Waals surface area contributed by atoms with E-state index in [1.165, 1.54) is 5.56 Å². The molecule has 0 fully saturated rings. The fourth-order valence-corrected chi connectivity index (χ4v) is 4.12. The molecule has 0 saturated heterocycles. The molecule has 24 heavy (non-hydrogen) atoms. The minimum absolute atomic E-state index is 0.157. The predicted octanol–water partition coefficient (Wildman–Crippen LogP) is 4.30. The quantitative estimate of drug-likeness (QED) is 0.663. The molecule has 0 saturated carbocycles. The van der Waals surface area contributed by atoms with Crippen molar-refractivity contribution in [2.45, 2.75) is 31.7 Å². The zero-order chi connectivity index (χ0) is 16.7. The van der Waals surface area contributed by atoms with Crippen LogP contribution in [0, 0.1) is 0 Å². The summed E-state index contributed by atoms with van der Waals surface area (Å²) >= 11 is 6.33. The van der Waals surface area contributed by atoms with Crippen LogP contribution in [0.1, 0.15) is 42.0 Å². The van der Waals surface area contributed by atoms with Crippen molar-refractivity contribution in [1.29, 1.82) is 0 Å². The zero-order valence-electron chi connectivity index (χ0n) is 13.5. The number of fused-ring (bicyclic) bond motifs is 2. The summed E-state index contributed by atoms with van der Waals surface area (Å²) < 4.78 is 0. The Morgan fingerprint density at radius 1 is 1.29 bits per heavy atom. The molecule has 1 heterocycles. The number of benzene rings is 2. The molecule has 3 N–H and O–H groups in total. The van der Waals surface area contributed by atoms with Crippen molar-refractivity contribution in [1.82, 2.24) is 15.5 Å². The van der Waals surface area contributed by atoms with Crippen LogP contribution in [0.4, 0.5) is 0 Å². The van der Waals surface area contributed by atoms with Crippen LogP contribution < -0.4 is 5.32 Å². The zero-order valence-corrected chi connectivity index (χ0v) is 14.3. The average molecular weight is 342 g/mol. The summed E-state index contributed by atoms with van der Waals surface area (Å²) in [7, 11) is 0. The van der Waals surface area contributed by atoms with Crippen molar-refractivity contribution in [2.24, 2.45) is 0 Å². The van der Waals surface area contributed by atoms with Crippen LogP contribution in [0.5, 0.6) is 5.75 Å². The number of halogens is 1. The number of nitrogens with zero attached hydrogens (tertiary/aromatic N) is 1. The molecule has 2 aromatic carbocycles. The third kappa shape index (κ3) is 2.66. The first-order chi connectivity index (χ1) is 11.6. The van der Waals surface area contributed by atoms with Crippen molar-refractivity contribution in [3.63, 3.8) is 0 Å². The topological polar surface area (TPSA) is 60.9 Å². The number of rotatable bonds is 4. The van der Waals surface area contributed by atoms with Gasteiger partial charge >= 0.3 is 0 Å². The minimum Gasteiger partial charge on any atom is -0.508 e. The molecule has 4 nitrogen and oxygen atoms in total. The molecule has 1 aliphatic rings. The normalized spacial score (nSPS) is 19.8. The Labute approximate surface area is 145 Å². The number of aromatic nitrogens is 2. The maximum atomic E-state index is 10.2. The van der Waals surface area contributed by atoms with Gasteiger partial charge in [0.15, 0.2) is 0 Å². The van der Waals surface area contributed by atoms with Crippen LogP contribution in [0.25, 0.3) is 10.9 Å². The van der Waals surface area contributed by atoms with Gasteiger partial charge in [-0.15, -0.1) is 0 Å². The average Bonchev–Trinajstić information content (AvgIpc) is 3.16. The van der Waals surface area contributed by atoms with Crippen molar-refractivity contribution in [2.75, 3.05) is 6.54 Å². The SMILES string of the molecule is CC1CC(NCCc2ccc3cn[nH]c3c2)c2c(O)ccc(Cl)c21. The van der Waals surface area contributed by atoms with E-state index in [0.717, 1.165) is 46.4 Å². The van der Waals surface area contributed by atoms with Crippen molar-refractivity contribution in [3.05, 3.63) is 58.2 Å². The lowest BCUT2D eigenvalue weighted by molar-refractivity contribution is 0.446. The molecule has 0 aliphatic heterocycles. The summed E-state index contributed by atoms with van der Waals surface area (Å²) in [6, 6.07) is 10.0. The molecule has 3 aromatic rings. The number of hydrogen-bond donors (Lipinski definition) is 3. The number of phenols is 1. The van der Waals surface area contributed by atoms with E-state index in [4.69, 9.17) is 11.6 Å². The Hall–Kier alpha value is -2.04. The van der Waals surface area contributed by atoms with Crippen LogP contribution >= 0.6 is 11.6 Å². The third-order valence-corrected chi connectivity index (χ3v) is 5.28. The van der Waals surface area contributed by atoms with E-state index in [0.29, 0.717) is 11.7 Å². The van der Waals surface area contributed by atoms with Crippen LogP contribution in [0.3, 0.4) is 0 Å². The molecule has 2 unspecified atom stereocenters. The van der Waals surface area contributed by atoms with Gasteiger partial charge in [-0.05, 0) is 54.6 Å². The van der Waals surface area contributed by atoms with E-state index in [9.17, 15) is 5.11 Å². The Morgan fingerprint density at radius 3 is 3.04 bits per heavy atom. The maximum absolute atomic E-state index is 10.2. The van der Waals surface area contributed by atoms with Gasteiger partial charge in [-0.1, -0.05) is 30.7 Å². The second-order valence-corrected chi connectivity index (χ2v) is 6.99. The molecule has 124 valence electrons. The van der Waals surface area contributed by atoms with Gasteiger partial charge in [-0.3, -0.25) is 5.10 Å². The van der Waals surface area contributed by atoms with E-state index in [1.807, 2.05) is 6.20 Å². The molecule has 0 radical (unpaired) electrons. The molecule has 0 bridgehead atoms. The summed E-state index contributed by atoms with van der Waals surface area (Å²) in [6.07, 6.45) is 3.73. The number of H-pyrrole nitrogens is 1. The first-order valence-corrected chi connectivity index (χ1v) is 8.68. The van der Waals surface area contributed by atoms with Crippen molar-refractivity contribution >= 4 is 22.5 Å². The van der Waals surface area contributed by atoms with E-state index in [-0.39, 0.29) is 6.04 Å². The highest BCUT2D eigenvalue weighted by Crippen LogP contribution is 2.47. The number of nitrogens with one attached hydrogen (secondary N) is 2. The fourth-order valence-electron chi connectivity index (χ4n) is 3.77. The Bertz CT molecular complexity index is 889. The lowest BCUT2D eigenvalue weighted by atomic mass is 10.0. The third-order valence-electron chi connectivity index (χ3n) is 4.95. The molecule has 5 heteroatoms. The Balaban J connectivity index is 1.47. The molecule has 2 atom stereocenters. The van der Waals surface area contributed by atoms with Gasteiger partial charge in [-0.25, -0.2) is 0 Å². The lowest BCUT2D eigenvalue weighted by Gasteiger charge is -2.15. The number of phenolic OH excluding ortho intramolecular Hbond substituents is 1. The molecule has 0 amide bonds. The Morgan fingerprint density at radius 2 is 2.17 bits per heavy atom. The van der Waals surface area contributed by atoms with Crippen LogP contribution in [-0.2, 0) is 6.42 Å². The van der Waals surface area contributed by atoms with Crippen molar-refractivity contribution in [3.8, 4) is 5.75 Å². The predicted molar refractivity (Wildman–Crippen MR) is 96.7 cm³/mol. The first kappa shape index (κ1) is 15.5. The van der Waals surface area contributed by atoms with Gasteiger partial charge in [0.25, 0.3) is 0 Å². The van der Waals surface area contributed by atoms with Crippen LogP contribution in [0.15, 0.2) is 36.5 Å². The fraction of sp³-hybridized carbons (Fsp3) is 0.316. The Kier molecular flexibility index (Phi) is 3.94. The lowest BCUT2D eigenvalue weighted by Crippen LogP contribution is -2.22.